The maximum atomic E-state index is 16.6. The lowest BCUT2D eigenvalue weighted by atomic mass is 9.80. The highest BCUT2D eigenvalue weighted by molar-refractivity contribution is 6.45. The molecule has 0 spiro atoms. The highest BCUT2D eigenvalue weighted by Crippen LogP contribution is 2.58. The quantitative estimate of drug-likeness (QED) is 0.0181. The van der Waals surface area contributed by atoms with Gasteiger partial charge in [-0.2, -0.15) is 0 Å². The number of rotatable bonds is 24. The van der Waals surface area contributed by atoms with Crippen LogP contribution in [0.2, 0.25) is 0 Å². The Morgan fingerprint density at radius 2 is 0.593 bits per heavy atom. The summed E-state index contributed by atoms with van der Waals surface area (Å²) in [4.78, 5) is 132. The molecule has 0 radical (unpaired) electrons. The van der Waals surface area contributed by atoms with Crippen LogP contribution in [0, 0.1) is 67.2 Å². The molecule has 20 nitrogen and oxygen atoms in total. The monoisotopic (exact) mass is 1460 g/mol. The summed E-state index contributed by atoms with van der Waals surface area (Å²) in [6.07, 6.45) is 0.238. The number of carbonyl (C=O) groups is 8. The van der Waals surface area contributed by atoms with Crippen molar-refractivity contribution in [1.29, 1.82) is 0 Å². The largest absolute Gasteiger partial charge is 0.461 e. The van der Waals surface area contributed by atoms with Crippen LogP contribution in [0.5, 0.6) is 46.0 Å². The Morgan fingerprint density at radius 1 is 0.352 bits per heavy atom. The first-order chi connectivity index (χ1) is 51.4. The molecule has 0 aliphatic carbocycles. The molecule has 9 aromatic rings. The van der Waals surface area contributed by atoms with E-state index in [1.54, 1.807) is 47.9 Å². The second-order valence-corrected chi connectivity index (χ2v) is 30.8. The van der Waals surface area contributed by atoms with Crippen molar-refractivity contribution < 1.29 is 66.8 Å². The SMILES string of the molecule is C=C(C)C(=O)OCCN1CCN(C(=O)C(CC(C)C)N2C(=O)c3cc(Oc4cc(C)cc(C)c4)c4c5c(Oc6cc(C)cc(C)c6)cc6c7c(cc(Oc8cc(C)cc(C)c8)c(c8c(Oc9cc(C)cc(C)c9)cc(c3c48)C2=O)c75)C(=O)N(C(CC(C)C)C(=O)N2CCN(CCOC(=O)C(=C)C)CC2)C6=O)CC1. The molecule has 20 heteroatoms. The fraction of sp³-hybridized carbons (Fsp3) is 0.364. The standard InChI is InChI=1S/C88H94N6O14/c1-47(2)29-67(85(99)91-21-17-89(18-22-91)25-27-103-87(101)49(5)6)93-81(95)63-43-69(105-59-35-51(9)31-52(10)36-59)75-77-71(107-61-39-55(13)33-56(14)40-61)45-65-74-66(84(98)94(83(65)97)68(30-48(3)4)86(100)92-23-19-90(20-24-92)26-28-104-88(102)50(7)8)46-72(108-62-41-57(15)34-58(16)42-62)78(80(74)77)76-70(44-64(82(93)96)73(63)79(75)76)106-60-37-53(11)32-54(12)38-60/h31-48,67-68H,5,7,17-30H2,1-4,6,8-16H3. The van der Waals surface area contributed by atoms with E-state index < -0.39 is 59.5 Å². The molecule has 6 amide bonds. The van der Waals surface area contributed by atoms with Crippen LogP contribution in [-0.2, 0) is 28.7 Å². The fourth-order valence-electron chi connectivity index (χ4n) is 16.0. The third-order valence-corrected chi connectivity index (χ3v) is 20.6. The minimum absolute atomic E-state index is 0.0487. The Balaban J connectivity index is 1.10. The smallest absolute Gasteiger partial charge is 0.333 e. The van der Waals surface area contributed by atoms with Crippen molar-refractivity contribution in [3.63, 3.8) is 0 Å². The number of carbonyl (C=O) groups excluding carboxylic acids is 8. The number of hydrogen-bond acceptors (Lipinski definition) is 16. The van der Waals surface area contributed by atoms with Gasteiger partial charge in [0.1, 0.15) is 71.3 Å². The summed E-state index contributed by atoms with van der Waals surface area (Å²) in [7, 11) is 0. The summed E-state index contributed by atoms with van der Waals surface area (Å²) >= 11 is 0. The van der Waals surface area contributed by atoms with Gasteiger partial charge in [-0.3, -0.25) is 48.4 Å². The number of fused-ring (bicyclic) bond motifs is 2. The van der Waals surface area contributed by atoms with Gasteiger partial charge in [-0.05, 0) is 211 Å². The van der Waals surface area contributed by atoms with Crippen LogP contribution in [0.1, 0.15) is 140 Å². The van der Waals surface area contributed by atoms with Crippen molar-refractivity contribution in [3.8, 4) is 46.0 Å². The third kappa shape index (κ3) is 15.0. The van der Waals surface area contributed by atoms with E-state index >= 15 is 28.8 Å². The van der Waals surface area contributed by atoms with Gasteiger partial charge in [0.2, 0.25) is 11.8 Å². The zero-order valence-corrected chi connectivity index (χ0v) is 64.3. The van der Waals surface area contributed by atoms with Gasteiger partial charge in [0, 0.05) is 120 Å². The highest BCUT2D eigenvalue weighted by atomic mass is 16.5. The third-order valence-electron chi connectivity index (χ3n) is 20.6. The molecule has 0 N–H and O–H groups in total. The Morgan fingerprint density at radius 3 is 0.815 bits per heavy atom. The van der Waals surface area contributed by atoms with Crippen LogP contribution in [0.25, 0.3) is 43.1 Å². The molecule has 2 unspecified atom stereocenters. The minimum Gasteiger partial charge on any atom is -0.461 e. The molecule has 0 aromatic heterocycles. The lowest BCUT2D eigenvalue weighted by molar-refractivity contribution is -0.141. The summed E-state index contributed by atoms with van der Waals surface area (Å²) < 4.78 is 40.4. The number of nitrogens with zero attached hydrogens (tertiary/aromatic N) is 6. The second-order valence-electron chi connectivity index (χ2n) is 30.8. The van der Waals surface area contributed by atoms with Gasteiger partial charge >= 0.3 is 11.9 Å². The summed E-state index contributed by atoms with van der Waals surface area (Å²) in [6.45, 7) is 37.9. The molecule has 9 aromatic carbocycles. The van der Waals surface area contributed by atoms with Gasteiger partial charge in [0.15, 0.2) is 0 Å². The lowest BCUT2D eigenvalue weighted by Crippen LogP contribution is -2.58. The van der Waals surface area contributed by atoms with Crippen molar-refractivity contribution in [3.05, 3.63) is 188 Å². The van der Waals surface area contributed by atoms with Gasteiger partial charge < -0.3 is 38.2 Å². The molecule has 4 aliphatic heterocycles. The molecule has 0 bridgehead atoms. The van der Waals surface area contributed by atoms with Crippen LogP contribution in [0.15, 0.2) is 121 Å². The zero-order chi connectivity index (χ0) is 77.2. The predicted octanol–water partition coefficient (Wildman–Crippen LogP) is 15.9. The highest BCUT2D eigenvalue weighted by Gasteiger charge is 2.48. The number of imide groups is 2. The van der Waals surface area contributed by atoms with Crippen LogP contribution in [0.4, 0.5) is 0 Å². The number of hydrogen-bond donors (Lipinski definition) is 0. The van der Waals surface area contributed by atoms with Crippen LogP contribution in [0.3, 0.4) is 0 Å². The van der Waals surface area contributed by atoms with Crippen molar-refractivity contribution in [2.45, 2.75) is 122 Å². The number of aryl methyl sites for hydroxylation is 8. The molecular formula is C88H94N6O14. The molecule has 4 aliphatic rings. The Bertz CT molecular complexity index is 4610. The van der Waals surface area contributed by atoms with E-state index in [0.29, 0.717) is 106 Å². The van der Waals surface area contributed by atoms with Gasteiger partial charge in [0.05, 0.1) is 22.3 Å². The summed E-state index contributed by atoms with van der Waals surface area (Å²) in [5.41, 5.74) is 7.75. The second kappa shape index (κ2) is 30.4. The van der Waals surface area contributed by atoms with Gasteiger partial charge in [-0.15, -0.1) is 0 Å². The number of amides is 6. The van der Waals surface area contributed by atoms with Crippen molar-refractivity contribution >= 4 is 90.5 Å². The van der Waals surface area contributed by atoms with E-state index in [9.17, 15) is 9.59 Å². The van der Waals surface area contributed by atoms with Crippen LogP contribution < -0.4 is 18.9 Å². The average Bonchev–Trinajstić information content (AvgIpc) is 0.670. The number of ether oxygens (including phenoxy) is 6. The first-order valence-corrected chi connectivity index (χ1v) is 37.2. The molecule has 2 atom stereocenters. The first kappa shape index (κ1) is 75.3. The first-order valence-electron chi connectivity index (χ1n) is 37.2. The topological polar surface area (TPSA) is 211 Å². The minimum atomic E-state index is -1.28. The van der Waals surface area contributed by atoms with Gasteiger partial charge in [0.25, 0.3) is 23.6 Å². The predicted molar refractivity (Wildman–Crippen MR) is 417 cm³/mol. The van der Waals surface area contributed by atoms with E-state index in [2.05, 4.69) is 23.0 Å². The van der Waals surface area contributed by atoms with Gasteiger partial charge in [-0.25, -0.2) is 9.59 Å². The summed E-state index contributed by atoms with van der Waals surface area (Å²) in [6, 6.07) is 27.1. The number of esters is 2. The maximum absolute atomic E-state index is 16.6. The average molecular weight is 1460 g/mol. The molecule has 2 saturated heterocycles. The molecule has 108 heavy (non-hydrogen) atoms. The Kier molecular flexibility index (Phi) is 21.2. The van der Waals surface area contributed by atoms with Crippen molar-refractivity contribution in [1.82, 2.24) is 29.4 Å². The Hall–Kier alpha value is -11.0. The molecule has 0 saturated carbocycles. The molecule has 4 heterocycles. The molecule has 13 rings (SSSR count). The fourth-order valence-corrected chi connectivity index (χ4v) is 16.0. The van der Waals surface area contributed by atoms with E-state index in [1.807, 2.05) is 156 Å². The Labute approximate surface area is 630 Å². The molecular weight excluding hydrogens is 1360 g/mol. The lowest BCUT2D eigenvalue weighted by Gasteiger charge is -2.40. The van der Waals surface area contributed by atoms with E-state index in [0.717, 1.165) is 54.3 Å². The van der Waals surface area contributed by atoms with E-state index in [-0.39, 0.29) is 120 Å². The van der Waals surface area contributed by atoms with Crippen LogP contribution >= 0.6 is 0 Å². The van der Waals surface area contributed by atoms with Crippen LogP contribution in [-0.4, -0.2) is 168 Å². The van der Waals surface area contributed by atoms with E-state index in [4.69, 9.17) is 28.4 Å². The number of benzene rings is 9. The molecule has 560 valence electrons. The van der Waals surface area contributed by atoms with Gasteiger partial charge in [-0.1, -0.05) is 65.1 Å². The zero-order valence-electron chi connectivity index (χ0n) is 64.3. The summed E-state index contributed by atoms with van der Waals surface area (Å²) in [5, 5.41) is 2.36. The maximum Gasteiger partial charge on any atom is 0.333 e. The van der Waals surface area contributed by atoms with E-state index in [1.165, 1.54) is 0 Å². The normalized spacial score (nSPS) is 15.5. The van der Waals surface area contributed by atoms with Crippen molar-refractivity contribution in [2.75, 3.05) is 78.7 Å². The summed E-state index contributed by atoms with van der Waals surface area (Å²) in [5.74, 6) is -3.04. The molecule has 2 fully saturated rings. The number of piperazine rings is 2. The van der Waals surface area contributed by atoms with Crippen molar-refractivity contribution in [2.24, 2.45) is 11.8 Å².